The lowest BCUT2D eigenvalue weighted by atomic mass is 9.93. The summed E-state index contributed by atoms with van der Waals surface area (Å²) in [5.74, 6) is 0.128. The quantitative estimate of drug-likeness (QED) is 0.258. The van der Waals surface area contributed by atoms with E-state index in [4.69, 9.17) is 9.47 Å². The number of hydrazine groups is 1. The molecule has 2 N–H and O–H groups in total. The first kappa shape index (κ1) is 32.9. The highest BCUT2D eigenvalue weighted by Crippen LogP contribution is 2.28. The number of hydrogen-bond acceptors (Lipinski definition) is 9. The summed E-state index contributed by atoms with van der Waals surface area (Å²) in [5, 5.41) is 13.2. The standard InChI is InChI=1S/C31H45N7O6/c1-3-36(4-2)27(39)22-43-28(40)16-20-38(31(42)44-21-24-9-6-5-7-10-24)35-30(41)25-11-8-19-37-26(33-34-29(25)37)13-12-23-14-17-32-18-15-23/h5-7,9-10,23,25,32H,3-4,8,11-22H2,1-2H3,(H,35,41). The maximum Gasteiger partial charge on any atom is 0.429 e. The molecule has 2 aliphatic heterocycles. The van der Waals surface area contributed by atoms with E-state index >= 15 is 0 Å². The van der Waals surface area contributed by atoms with Crippen LogP contribution in [0.4, 0.5) is 4.79 Å². The third-order valence-electron chi connectivity index (χ3n) is 8.28. The summed E-state index contributed by atoms with van der Waals surface area (Å²) in [6.07, 6.45) is 4.43. The van der Waals surface area contributed by atoms with Gasteiger partial charge in [-0.25, -0.2) is 9.80 Å². The van der Waals surface area contributed by atoms with Crippen LogP contribution in [0, 0.1) is 5.92 Å². The van der Waals surface area contributed by atoms with Crippen molar-refractivity contribution in [1.29, 1.82) is 0 Å². The van der Waals surface area contributed by atoms with Gasteiger partial charge >= 0.3 is 12.1 Å². The number of aromatic nitrogens is 3. The molecule has 0 spiro atoms. The Labute approximate surface area is 258 Å². The molecule has 1 unspecified atom stereocenters. The molecule has 2 aromatic rings. The second kappa shape index (κ2) is 16.7. The molecule has 1 saturated heterocycles. The highest BCUT2D eigenvalue weighted by Gasteiger charge is 2.33. The van der Waals surface area contributed by atoms with Gasteiger partial charge in [0.05, 0.1) is 18.9 Å². The summed E-state index contributed by atoms with van der Waals surface area (Å²) in [5.41, 5.74) is 3.44. The third-order valence-corrected chi connectivity index (χ3v) is 8.28. The fraction of sp³-hybridized carbons (Fsp3) is 0.613. The summed E-state index contributed by atoms with van der Waals surface area (Å²) < 4.78 is 12.6. The smallest absolute Gasteiger partial charge is 0.429 e. The van der Waals surface area contributed by atoms with Gasteiger partial charge in [-0.05, 0) is 70.5 Å². The molecule has 4 rings (SSSR count). The molecule has 44 heavy (non-hydrogen) atoms. The monoisotopic (exact) mass is 611 g/mol. The zero-order chi connectivity index (χ0) is 31.3. The van der Waals surface area contributed by atoms with Crippen molar-refractivity contribution in [3.8, 4) is 0 Å². The molecule has 0 radical (unpaired) electrons. The number of benzene rings is 1. The van der Waals surface area contributed by atoms with Crippen LogP contribution in [-0.4, -0.2) is 87.9 Å². The van der Waals surface area contributed by atoms with Crippen molar-refractivity contribution in [1.82, 2.24) is 35.4 Å². The molecular formula is C31H45N7O6. The Morgan fingerprint density at radius 3 is 2.50 bits per heavy atom. The Kier molecular flexibility index (Phi) is 12.5. The zero-order valence-electron chi connectivity index (χ0n) is 25.8. The number of hydrogen-bond donors (Lipinski definition) is 2. The first-order chi connectivity index (χ1) is 21.4. The fourth-order valence-corrected chi connectivity index (χ4v) is 5.66. The van der Waals surface area contributed by atoms with Crippen LogP contribution in [0.25, 0.3) is 0 Å². The van der Waals surface area contributed by atoms with Crippen molar-refractivity contribution >= 4 is 23.9 Å². The molecular weight excluding hydrogens is 566 g/mol. The topological polar surface area (TPSA) is 148 Å². The lowest BCUT2D eigenvalue weighted by molar-refractivity contribution is -0.152. The molecule has 0 bridgehead atoms. The molecule has 0 saturated carbocycles. The fourth-order valence-electron chi connectivity index (χ4n) is 5.66. The SMILES string of the molecule is CCN(CC)C(=O)COC(=O)CCN(NC(=O)C1CCCn2c(CCC3CCNCC3)nnc21)C(=O)OCc1ccccc1. The summed E-state index contributed by atoms with van der Waals surface area (Å²) in [6, 6.07) is 9.16. The van der Waals surface area contributed by atoms with E-state index in [-0.39, 0.29) is 32.1 Å². The molecule has 1 fully saturated rings. The predicted molar refractivity (Wildman–Crippen MR) is 161 cm³/mol. The van der Waals surface area contributed by atoms with Crippen molar-refractivity contribution in [3.63, 3.8) is 0 Å². The number of ether oxygens (including phenoxy) is 2. The van der Waals surface area contributed by atoms with E-state index in [1.807, 2.05) is 48.7 Å². The summed E-state index contributed by atoms with van der Waals surface area (Å²) in [4.78, 5) is 52.9. The number of carbonyl (C=O) groups is 4. The van der Waals surface area contributed by atoms with E-state index < -0.39 is 23.9 Å². The minimum absolute atomic E-state index is 0.00691. The van der Waals surface area contributed by atoms with E-state index in [1.54, 1.807) is 4.90 Å². The van der Waals surface area contributed by atoms with E-state index in [0.29, 0.717) is 31.3 Å². The number of nitrogens with one attached hydrogen (secondary N) is 2. The Hall–Kier alpha value is -4.00. The van der Waals surface area contributed by atoms with Gasteiger partial charge in [-0.2, -0.15) is 0 Å². The molecule has 1 atom stereocenters. The maximum absolute atomic E-state index is 13.6. The number of esters is 1. The molecule has 2 aliphatic rings. The first-order valence-corrected chi connectivity index (χ1v) is 15.7. The van der Waals surface area contributed by atoms with Gasteiger partial charge in [0.1, 0.15) is 18.3 Å². The van der Waals surface area contributed by atoms with Gasteiger partial charge in [0.15, 0.2) is 6.61 Å². The number of carbonyl (C=O) groups excluding carboxylic acids is 4. The highest BCUT2D eigenvalue weighted by atomic mass is 16.6. The summed E-state index contributed by atoms with van der Waals surface area (Å²) >= 11 is 0. The molecule has 0 aliphatic carbocycles. The summed E-state index contributed by atoms with van der Waals surface area (Å²) in [6.45, 7) is 6.95. The molecule has 13 heteroatoms. The van der Waals surface area contributed by atoms with E-state index in [1.165, 1.54) is 0 Å². The van der Waals surface area contributed by atoms with Crippen LogP contribution in [0.5, 0.6) is 0 Å². The van der Waals surface area contributed by atoms with Crippen LogP contribution in [0.15, 0.2) is 30.3 Å². The Morgan fingerprint density at radius 2 is 1.77 bits per heavy atom. The van der Waals surface area contributed by atoms with Gasteiger partial charge in [0.2, 0.25) is 5.91 Å². The van der Waals surface area contributed by atoms with Crippen molar-refractivity contribution in [2.75, 3.05) is 39.3 Å². The van der Waals surface area contributed by atoms with Gasteiger partial charge < -0.3 is 24.3 Å². The van der Waals surface area contributed by atoms with Gasteiger partial charge in [0, 0.05) is 26.1 Å². The van der Waals surface area contributed by atoms with Gasteiger partial charge in [-0.3, -0.25) is 19.8 Å². The van der Waals surface area contributed by atoms with Crippen LogP contribution in [0.3, 0.4) is 0 Å². The molecule has 1 aromatic carbocycles. The largest absolute Gasteiger partial charge is 0.456 e. The predicted octanol–water partition coefficient (Wildman–Crippen LogP) is 2.56. The van der Waals surface area contributed by atoms with Crippen LogP contribution in [0.2, 0.25) is 0 Å². The lowest BCUT2D eigenvalue weighted by Gasteiger charge is -2.27. The molecule has 1 aromatic heterocycles. The van der Waals surface area contributed by atoms with E-state index in [0.717, 1.165) is 68.1 Å². The minimum atomic E-state index is -0.811. The number of piperidine rings is 1. The number of fused-ring (bicyclic) bond motifs is 1. The summed E-state index contributed by atoms with van der Waals surface area (Å²) in [7, 11) is 0. The molecule has 240 valence electrons. The van der Waals surface area contributed by atoms with Crippen LogP contribution in [0.1, 0.15) is 75.5 Å². The Balaban J connectivity index is 1.38. The van der Waals surface area contributed by atoms with Gasteiger partial charge in [0.25, 0.3) is 5.91 Å². The Morgan fingerprint density at radius 1 is 1.02 bits per heavy atom. The van der Waals surface area contributed by atoms with Crippen molar-refractivity contribution < 1.29 is 28.7 Å². The van der Waals surface area contributed by atoms with E-state index in [9.17, 15) is 19.2 Å². The average Bonchev–Trinajstić information content (AvgIpc) is 3.48. The van der Waals surface area contributed by atoms with Gasteiger partial charge in [-0.1, -0.05) is 30.3 Å². The highest BCUT2D eigenvalue weighted by molar-refractivity contribution is 5.85. The number of aryl methyl sites for hydroxylation is 1. The molecule has 3 heterocycles. The minimum Gasteiger partial charge on any atom is -0.456 e. The molecule has 3 amide bonds. The van der Waals surface area contributed by atoms with Crippen molar-refractivity contribution in [2.45, 2.75) is 77.9 Å². The second-order valence-electron chi connectivity index (χ2n) is 11.2. The van der Waals surface area contributed by atoms with E-state index in [2.05, 4.69) is 20.9 Å². The van der Waals surface area contributed by atoms with Crippen molar-refractivity contribution in [3.05, 3.63) is 47.5 Å². The first-order valence-electron chi connectivity index (χ1n) is 15.7. The average molecular weight is 612 g/mol. The third kappa shape index (κ3) is 9.25. The number of rotatable bonds is 13. The lowest BCUT2D eigenvalue weighted by Crippen LogP contribution is -2.49. The normalized spacial score (nSPS) is 16.5. The number of nitrogens with zero attached hydrogens (tertiary/aromatic N) is 5. The van der Waals surface area contributed by atoms with Crippen LogP contribution >= 0.6 is 0 Å². The van der Waals surface area contributed by atoms with Crippen LogP contribution in [-0.2, 0) is 43.4 Å². The molecule has 13 nitrogen and oxygen atoms in total. The zero-order valence-corrected chi connectivity index (χ0v) is 25.8. The van der Waals surface area contributed by atoms with Gasteiger partial charge in [-0.15, -0.1) is 10.2 Å². The number of likely N-dealkylation sites (N-methyl/N-ethyl adjacent to an activating group) is 1. The Bertz CT molecular complexity index is 1240. The van der Waals surface area contributed by atoms with Crippen molar-refractivity contribution in [2.24, 2.45) is 5.92 Å². The maximum atomic E-state index is 13.6. The number of amides is 3. The second-order valence-corrected chi connectivity index (χ2v) is 11.2. The van der Waals surface area contributed by atoms with Crippen LogP contribution < -0.4 is 10.7 Å².